The number of aliphatic carboxylic acids is 1. The van der Waals surface area contributed by atoms with Crippen LogP contribution in [0.25, 0.3) is 0 Å². The van der Waals surface area contributed by atoms with Crippen LogP contribution >= 0.6 is 0 Å². The number of carboxylic acids is 1. The molecule has 7 heteroatoms. The van der Waals surface area contributed by atoms with Gasteiger partial charge in [-0.3, -0.25) is 0 Å². The maximum absolute atomic E-state index is 12.3. The van der Waals surface area contributed by atoms with Gasteiger partial charge in [0.15, 0.2) is 0 Å². The zero-order valence-corrected chi connectivity index (χ0v) is 12.8. The van der Waals surface area contributed by atoms with Crippen molar-refractivity contribution < 1.29 is 24.2 Å². The molecule has 1 aliphatic heterocycles. The summed E-state index contributed by atoms with van der Waals surface area (Å²) in [5, 5.41) is 11.9. The van der Waals surface area contributed by atoms with Crippen LogP contribution in [-0.2, 0) is 14.3 Å². The SMILES string of the molecule is CCOC(=O)C1CCCN1C(=O)NC(CC)(CC)C(=O)O. The highest BCUT2D eigenvalue weighted by molar-refractivity contribution is 5.89. The lowest BCUT2D eigenvalue weighted by Gasteiger charge is -2.32. The Labute approximate surface area is 124 Å². The molecule has 7 nitrogen and oxygen atoms in total. The fraction of sp³-hybridized carbons (Fsp3) is 0.786. The second-order valence-electron chi connectivity index (χ2n) is 5.13. The summed E-state index contributed by atoms with van der Waals surface area (Å²) in [5.74, 6) is -1.49. The average molecular weight is 300 g/mol. The van der Waals surface area contributed by atoms with Gasteiger partial charge in [0.1, 0.15) is 11.6 Å². The zero-order valence-electron chi connectivity index (χ0n) is 12.8. The van der Waals surface area contributed by atoms with E-state index in [1.165, 1.54) is 4.90 Å². The molecule has 1 saturated heterocycles. The summed E-state index contributed by atoms with van der Waals surface area (Å²) in [5.41, 5.74) is -1.29. The van der Waals surface area contributed by atoms with Crippen LogP contribution in [0, 0.1) is 0 Å². The van der Waals surface area contributed by atoms with Crippen LogP contribution in [0.5, 0.6) is 0 Å². The molecule has 1 aliphatic rings. The number of esters is 1. The van der Waals surface area contributed by atoms with Crippen LogP contribution in [-0.4, -0.2) is 52.7 Å². The van der Waals surface area contributed by atoms with Crippen LogP contribution in [0.1, 0.15) is 46.5 Å². The van der Waals surface area contributed by atoms with E-state index in [4.69, 9.17) is 4.74 Å². The number of urea groups is 1. The number of carbonyl (C=O) groups excluding carboxylic acids is 2. The molecule has 1 fully saturated rings. The molecule has 2 N–H and O–H groups in total. The average Bonchev–Trinajstić information content (AvgIpc) is 2.94. The molecule has 1 rings (SSSR count). The van der Waals surface area contributed by atoms with Crippen LogP contribution in [0.15, 0.2) is 0 Å². The molecule has 0 aromatic carbocycles. The van der Waals surface area contributed by atoms with Crippen molar-refractivity contribution in [1.82, 2.24) is 10.2 Å². The first-order valence-corrected chi connectivity index (χ1v) is 7.40. The standard InChI is InChI=1S/C14H24N2O5/c1-4-14(5-2,12(18)19)15-13(20)16-9-7-8-10(16)11(17)21-6-3/h10H,4-9H2,1-3H3,(H,15,20)(H,18,19). The number of nitrogens with zero attached hydrogens (tertiary/aromatic N) is 1. The van der Waals surface area contributed by atoms with Crippen LogP contribution in [0.3, 0.4) is 0 Å². The van der Waals surface area contributed by atoms with Crippen LogP contribution in [0.2, 0.25) is 0 Å². The van der Waals surface area contributed by atoms with Crippen molar-refractivity contribution in [3.05, 3.63) is 0 Å². The number of carbonyl (C=O) groups is 3. The molecular weight excluding hydrogens is 276 g/mol. The van der Waals surface area contributed by atoms with E-state index in [1.54, 1.807) is 20.8 Å². The van der Waals surface area contributed by atoms with Gasteiger partial charge in [-0.1, -0.05) is 13.8 Å². The molecule has 0 saturated carbocycles. The van der Waals surface area contributed by atoms with Crippen LogP contribution in [0.4, 0.5) is 4.79 Å². The number of likely N-dealkylation sites (tertiary alicyclic amines) is 1. The molecule has 1 atom stereocenters. The van der Waals surface area contributed by atoms with E-state index in [-0.39, 0.29) is 19.4 Å². The fourth-order valence-electron chi connectivity index (χ4n) is 2.55. The molecule has 1 heterocycles. The minimum Gasteiger partial charge on any atom is -0.480 e. The molecule has 0 aromatic rings. The summed E-state index contributed by atoms with van der Waals surface area (Å²) in [4.78, 5) is 37.0. The summed E-state index contributed by atoms with van der Waals surface area (Å²) < 4.78 is 4.96. The monoisotopic (exact) mass is 300 g/mol. The van der Waals surface area contributed by atoms with Crippen molar-refractivity contribution in [2.45, 2.75) is 58.0 Å². The Morgan fingerprint density at radius 1 is 1.29 bits per heavy atom. The van der Waals surface area contributed by atoms with Crippen molar-refractivity contribution in [2.24, 2.45) is 0 Å². The van der Waals surface area contributed by atoms with Crippen molar-refractivity contribution in [3.8, 4) is 0 Å². The van der Waals surface area contributed by atoms with Gasteiger partial charge in [-0.15, -0.1) is 0 Å². The normalized spacial score (nSPS) is 18.4. The summed E-state index contributed by atoms with van der Waals surface area (Å²) in [6, 6.07) is -1.14. The van der Waals surface area contributed by atoms with E-state index >= 15 is 0 Å². The lowest BCUT2D eigenvalue weighted by atomic mass is 9.93. The lowest BCUT2D eigenvalue weighted by Crippen LogP contribution is -2.58. The molecule has 0 aromatic heterocycles. The van der Waals surface area contributed by atoms with E-state index in [0.29, 0.717) is 19.4 Å². The summed E-state index contributed by atoms with van der Waals surface area (Å²) in [6.07, 6.45) is 1.81. The van der Waals surface area contributed by atoms with Gasteiger partial charge in [0.05, 0.1) is 6.61 Å². The predicted octanol–water partition coefficient (Wildman–Crippen LogP) is 1.37. The van der Waals surface area contributed by atoms with Gasteiger partial charge >= 0.3 is 18.0 Å². The third-order valence-electron chi connectivity index (χ3n) is 4.04. The Hall–Kier alpha value is -1.79. The number of ether oxygens (including phenoxy) is 1. The van der Waals surface area contributed by atoms with Crippen molar-refractivity contribution in [2.75, 3.05) is 13.2 Å². The molecule has 21 heavy (non-hydrogen) atoms. The number of hydrogen-bond acceptors (Lipinski definition) is 4. The topological polar surface area (TPSA) is 95.9 Å². The molecule has 0 spiro atoms. The number of nitrogens with one attached hydrogen (secondary N) is 1. The number of amides is 2. The molecule has 1 unspecified atom stereocenters. The lowest BCUT2D eigenvalue weighted by molar-refractivity contribution is -0.147. The third-order valence-corrected chi connectivity index (χ3v) is 4.04. The number of rotatable bonds is 6. The van der Waals surface area contributed by atoms with E-state index in [1.807, 2.05) is 0 Å². The maximum atomic E-state index is 12.3. The Morgan fingerprint density at radius 3 is 2.38 bits per heavy atom. The molecule has 0 aliphatic carbocycles. The van der Waals surface area contributed by atoms with Crippen LogP contribution < -0.4 is 5.32 Å². The smallest absolute Gasteiger partial charge is 0.329 e. The first-order chi connectivity index (χ1) is 9.91. The molecule has 2 amide bonds. The summed E-state index contributed by atoms with van der Waals surface area (Å²) in [6.45, 7) is 5.82. The predicted molar refractivity (Wildman–Crippen MR) is 75.8 cm³/mol. The van der Waals surface area contributed by atoms with E-state index in [9.17, 15) is 19.5 Å². The summed E-state index contributed by atoms with van der Waals surface area (Å²) in [7, 11) is 0. The van der Waals surface area contributed by atoms with Crippen molar-refractivity contribution in [1.29, 1.82) is 0 Å². The van der Waals surface area contributed by atoms with E-state index in [0.717, 1.165) is 0 Å². The second-order valence-corrected chi connectivity index (χ2v) is 5.13. The maximum Gasteiger partial charge on any atom is 0.329 e. The largest absolute Gasteiger partial charge is 0.480 e. The fourth-order valence-corrected chi connectivity index (χ4v) is 2.55. The Morgan fingerprint density at radius 2 is 1.90 bits per heavy atom. The quantitative estimate of drug-likeness (QED) is 0.722. The van der Waals surface area contributed by atoms with Crippen molar-refractivity contribution >= 4 is 18.0 Å². The number of hydrogen-bond donors (Lipinski definition) is 2. The minimum absolute atomic E-state index is 0.258. The Bertz CT molecular complexity index is 406. The van der Waals surface area contributed by atoms with Gasteiger partial charge in [0.2, 0.25) is 0 Å². The first kappa shape index (κ1) is 17.3. The summed E-state index contributed by atoms with van der Waals surface area (Å²) >= 11 is 0. The van der Waals surface area contributed by atoms with Gasteiger partial charge < -0.3 is 20.1 Å². The Balaban J connectivity index is 2.82. The van der Waals surface area contributed by atoms with Crippen molar-refractivity contribution in [3.63, 3.8) is 0 Å². The van der Waals surface area contributed by atoms with Gasteiger partial charge in [-0.2, -0.15) is 0 Å². The highest BCUT2D eigenvalue weighted by Gasteiger charge is 2.41. The Kier molecular flexibility index (Phi) is 5.99. The number of carboxylic acid groups (broad SMARTS) is 1. The first-order valence-electron chi connectivity index (χ1n) is 7.40. The highest BCUT2D eigenvalue weighted by Crippen LogP contribution is 2.21. The van der Waals surface area contributed by atoms with E-state index in [2.05, 4.69) is 5.32 Å². The van der Waals surface area contributed by atoms with E-state index < -0.39 is 29.6 Å². The molecular formula is C14H24N2O5. The zero-order chi connectivity index (χ0) is 16.0. The van der Waals surface area contributed by atoms with Gasteiger partial charge in [-0.05, 0) is 32.6 Å². The minimum atomic E-state index is -1.29. The molecule has 0 bridgehead atoms. The molecule has 120 valence electrons. The van der Waals surface area contributed by atoms with Gasteiger partial charge in [0, 0.05) is 6.54 Å². The molecule has 0 radical (unpaired) electrons. The highest BCUT2D eigenvalue weighted by atomic mass is 16.5. The second kappa shape index (κ2) is 7.28. The van der Waals surface area contributed by atoms with Gasteiger partial charge in [-0.25, -0.2) is 14.4 Å². The van der Waals surface area contributed by atoms with Gasteiger partial charge in [0.25, 0.3) is 0 Å². The third kappa shape index (κ3) is 3.65.